The van der Waals surface area contributed by atoms with Crippen molar-refractivity contribution in [2.24, 2.45) is 50.2 Å². The second kappa shape index (κ2) is 16.2. The molecule has 6 rings (SSSR count). The summed E-state index contributed by atoms with van der Waals surface area (Å²) in [7, 11) is 0. The summed E-state index contributed by atoms with van der Waals surface area (Å²) in [5, 5.41) is 47.3. The maximum Gasteiger partial charge on any atom is 0.331 e. The number of allylic oxidation sites excluding steroid dienone is 1. The molecular weight excluding hydrogens is 717 g/mol. The third-order valence-corrected chi connectivity index (χ3v) is 16.2. The van der Waals surface area contributed by atoms with Crippen molar-refractivity contribution in [2.45, 2.75) is 117 Å². The standard InChI is InChI=1S/C49H66O8/c1-8-15-37-46(5)26-25-38(51)47(6,32-56-40(53)22-20-33-16-11-9-12-17-33)36(46)24-27-48(37,7)45(4)29-35-28-44(2,3)42(55)43(49(35,31-50)39(52)30-45)57-41(54)23-21-34-18-13-10-14-19-34/h8-14,16-23,35-39,42-43,50-52,55H,1,15,24-32H2,2-7H3/b22-20+,23-21+/t35?,36?,37?,38-,39+,42-,43-,45-,46-,47+,48+,49-/m0/s1. The van der Waals surface area contributed by atoms with Crippen LogP contribution in [0.15, 0.2) is 85.5 Å². The van der Waals surface area contributed by atoms with Crippen molar-refractivity contribution in [3.8, 4) is 0 Å². The number of hydrogen-bond acceptors (Lipinski definition) is 8. The van der Waals surface area contributed by atoms with E-state index in [-0.39, 0.29) is 35.2 Å². The van der Waals surface area contributed by atoms with Crippen LogP contribution in [-0.2, 0) is 19.1 Å². The molecule has 8 heteroatoms. The summed E-state index contributed by atoms with van der Waals surface area (Å²) >= 11 is 0. The van der Waals surface area contributed by atoms with Crippen molar-refractivity contribution in [3.63, 3.8) is 0 Å². The van der Waals surface area contributed by atoms with E-state index in [0.717, 1.165) is 36.8 Å². The average Bonchev–Trinajstić information content (AvgIpc) is 3.18. The van der Waals surface area contributed by atoms with Crippen LogP contribution in [0.5, 0.6) is 0 Å². The van der Waals surface area contributed by atoms with E-state index in [1.165, 1.54) is 12.2 Å². The number of aliphatic hydroxyl groups is 4. The lowest BCUT2D eigenvalue weighted by Crippen LogP contribution is -2.70. The number of carbonyl (C=O) groups is 2. The van der Waals surface area contributed by atoms with Gasteiger partial charge in [-0.15, -0.1) is 6.58 Å². The first-order chi connectivity index (χ1) is 26.9. The van der Waals surface area contributed by atoms with Gasteiger partial charge in [-0.3, -0.25) is 0 Å². The molecule has 3 unspecified atom stereocenters. The lowest BCUT2D eigenvalue weighted by molar-refractivity contribution is -0.278. The van der Waals surface area contributed by atoms with Crippen LogP contribution in [0.2, 0.25) is 0 Å². The van der Waals surface area contributed by atoms with Gasteiger partial charge in [0.1, 0.15) is 6.10 Å². The highest BCUT2D eigenvalue weighted by Crippen LogP contribution is 2.73. The van der Waals surface area contributed by atoms with Gasteiger partial charge >= 0.3 is 11.9 Å². The van der Waals surface area contributed by atoms with Gasteiger partial charge in [-0.05, 0) is 114 Å². The van der Waals surface area contributed by atoms with E-state index < -0.39 is 64.6 Å². The number of esters is 2. The smallest absolute Gasteiger partial charge is 0.331 e. The van der Waals surface area contributed by atoms with Crippen molar-refractivity contribution < 1.29 is 39.5 Å². The maximum absolute atomic E-state index is 13.4. The van der Waals surface area contributed by atoms with Gasteiger partial charge in [0.05, 0.1) is 36.9 Å². The number of aliphatic hydroxyl groups excluding tert-OH is 4. The molecule has 12 atom stereocenters. The predicted octanol–water partition coefficient (Wildman–Crippen LogP) is 8.19. The third kappa shape index (κ3) is 7.61. The van der Waals surface area contributed by atoms with E-state index in [1.54, 1.807) is 12.2 Å². The molecule has 310 valence electrons. The minimum Gasteiger partial charge on any atom is -0.462 e. The summed E-state index contributed by atoms with van der Waals surface area (Å²) in [6.45, 7) is 17.0. The Morgan fingerprint density at radius 2 is 1.39 bits per heavy atom. The van der Waals surface area contributed by atoms with Crippen LogP contribution >= 0.6 is 0 Å². The highest BCUT2D eigenvalue weighted by atomic mass is 16.6. The zero-order valence-corrected chi connectivity index (χ0v) is 34.9. The molecule has 2 aromatic carbocycles. The number of hydrogen-bond donors (Lipinski definition) is 4. The lowest BCUT2D eigenvalue weighted by atomic mass is 9.35. The van der Waals surface area contributed by atoms with Gasteiger partial charge in [0.25, 0.3) is 0 Å². The highest BCUT2D eigenvalue weighted by Gasteiger charge is 2.70. The first-order valence-corrected chi connectivity index (χ1v) is 21.0. The fraction of sp³-hybridized carbons (Fsp3) is 0.592. The molecule has 4 aliphatic carbocycles. The largest absolute Gasteiger partial charge is 0.462 e. The molecule has 4 fully saturated rings. The van der Waals surface area contributed by atoms with Crippen LogP contribution in [0.3, 0.4) is 0 Å². The van der Waals surface area contributed by atoms with Crippen LogP contribution in [0, 0.1) is 50.2 Å². The normalized spacial score (nSPS) is 40.2. The molecule has 0 bridgehead atoms. The number of benzene rings is 2. The summed E-state index contributed by atoms with van der Waals surface area (Å²) in [4.78, 5) is 26.4. The summed E-state index contributed by atoms with van der Waals surface area (Å²) < 4.78 is 12.0. The van der Waals surface area contributed by atoms with Crippen LogP contribution in [0.4, 0.5) is 0 Å². The van der Waals surface area contributed by atoms with Gasteiger partial charge < -0.3 is 29.9 Å². The zero-order chi connectivity index (χ0) is 41.4. The first kappa shape index (κ1) is 43.0. The Balaban J connectivity index is 1.28. The van der Waals surface area contributed by atoms with Gasteiger partial charge in [-0.25, -0.2) is 9.59 Å². The molecule has 0 aromatic heterocycles. The zero-order valence-electron chi connectivity index (χ0n) is 34.9. The molecule has 57 heavy (non-hydrogen) atoms. The van der Waals surface area contributed by atoms with E-state index in [0.29, 0.717) is 25.7 Å². The summed E-state index contributed by atoms with van der Waals surface area (Å²) in [6, 6.07) is 19.0. The first-order valence-electron chi connectivity index (χ1n) is 21.0. The average molecular weight is 783 g/mol. The molecule has 4 aliphatic rings. The van der Waals surface area contributed by atoms with E-state index in [1.807, 2.05) is 80.6 Å². The fourth-order valence-corrected chi connectivity index (χ4v) is 12.7. The maximum atomic E-state index is 13.4. The van der Waals surface area contributed by atoms with Gasteiger partial charge in [0, 0.05) is 17.6 Å². The highest BCUT2D eigenvalue weighted by molar-refractivity contribution is 5.87. The second-order valence-corrected chi connectivity index (χ2v) is 19.7. The molecule has 2 aromatic rings. The van der Waals surface area contributed by atoms with Crippen molar-refractivity contribution >= 4 is 24.1 Å². The third-order valence-electron chi connectivity index (χ3n) is 16.2. The van der Waals surface area contributed by atoms with Crippen LogP contribution in [0.1, 0.15) is 104 Å². The molecule has 8 nitrogen and oxygen atoms in total. The number of carbonyl (C=O) groups excluding carboxylic acids is 2. The van der Waals surface area contributed by atoms with Gasteiger partial charge in [0.15, 0.2) is 0 Å². The SMILES string of the molecule is C=CCC1[C@@]2(C)CC[C@H](O)[C@](C)(COC(=O)/C=C/c3ccccc3)C2CC[C@@]1(C)[C@@]1(C)CC2CC(C)(C)[C@@H](O)[C@H](OC(=O)/C=C/c3ccccc3)[C@]2(CO)[C@H](O)C1. The summed E-state index contributed by atoms with van der Waals surface area (Å²) in [5.74, 6) is -1.13. The molecular formula is C49H66O8. The predicted molar refractivity (Wildman–Crippen MR) is 223 cm³/mol. The van der Waals surface area contributed by atoms with Gasteiger partial charge in [-0.1, -0.05) is 108 Å². The molecule has 4 N–H and O–H groups in total. The van der Waals surface area contributed by atoms with E-state index in [9.17, 15) is 30.0 Å². The number of rotatable bonds is 11. The minimum absolute atomic E-state index is 0.0582. The molecule has 0 spiro atoms. The van der Waals surface area contributed by atoms with Crippen molar-refractivity contribution in [3.05, 3.63) is 96.6 Å². The minimum atomic E-state index is -1.25. The lowest BCUT2D eigenvalue weighted by Gasteiger charge is -2.70. The summed E-state index contributed by atoms with van der Waals surface area (Å²) in [5.41, 5.74) is -1.78. The Hall–Kier alpha value is -3.56. The monoisotopic (exact) mass is 782 g/mol. The van der Waals surface area contributed by atoms with Crippen molar-refractivity contribution in [2.75, 3.05) is 13.2 Å². The molecule has 0 amide bonds. The van der Waals surface area contributed by atoms with E-state index >= 15 is 0 Å². The topological polar surface area (TPSA) is 134 Å². The van der Waals surface area contributed by atoms with Gasteiger partial charge in [-0.2, -0.15) is 0 Å². The van der Waals surface area contributed by atoms with Crippen LogP contribution in [-0.4, -0.2) is 70.0 Å². The Morgan fingerprint density at radius 3 is 1.96 bits per heavy atom. The van der Waals surface area contributed by atoms with Crippen LogP contribution in [0.25, 0.3) is 12.2 Å². The second-order valence-electron chi connectivity index (χ2n) is 19.7. The van der Waals surface area contributed by atoms with Crippen molar-refractivity contribution in [1.82, 2.24) is 0 Å². The van der Waals surface area contributed by atoms with Gasteiger partial charge in [0.2, 0.25) is 0 Å². The Morgan fingerprint density at radius 1 is 0.789 bits per heavy atom. The quantitative estimate of drug-likeness (QED) is 0.102. The fourth-order valence-electron chi connectivity index (χ4n) is 12.7. The Bertz CT molecular complexity index is 1810. The number of fused-ring (bicyclic) bond motifs is 2. The summed E-state index contributed by atoms with van der Waals surface area (Å²) in [6.07, 6.45) is 9.67. The van der Waals surface area contributed by atoms with E-state index in [4.69, 9.17) is 9.47 Å². The Labute approximate surface area is 340 Å². The Kier molecular flexibility index (Phi) is 12.3. The molecule has 4 saturated carbocycles. The number of ether oxygens (including phenoxy) is 2. The molecule has 0 radical (unpaired) electrons. The molecule has 0 aliphatic heterocycles. The molecule has 0 saturated heterocycles. The van der Waals surface area contributed by atoms with Crippen LogP contribution < -0.4 is 0 Å². The molecule has 0 heterocycles. The van der Waals surface area contributed by atoms with E-state index in [2.05, 4.69) is 34.3 Å². The van der Waals surface area contributed by atoms with Crippen molar-refractivity contribution in [1.29, 1.82) is 0 Å².